The van der Waals surface area contributed by atoms with Gasteiger partial charge in [-0.15, -0.1) is 5.92 Å². The molecule has 0 aromatic heterocycles. The van der Waals surface area contributed by atoms with Gasteiger partial charge in [0.05, 0.1) is 6.42 Å². The maximum Gasteiger partial charge on any atom is 0.232 e. The van der Waals surface area contributed by atoms with Crippen molar-refractivity contribution in [3.05, 3.63) is 0 Å². The van der Waals surface area contributed by atoms with Crippen molar-refractivity contribution >= 4 is 5.91 Å². The Labute approximate surface area is 92.8 Å². The zero-order valence-corrected chi connectivity index (χ0v) is 10.0. The van der Waals surface area contributed by atoms with Gasteiger partial charge in [-0.2, -0.15) is 0 Å². The molecule has 0 atom stereocenters. The largest absolute Gasteiger partial charge is 0.353 e. The van der Waals surface area contributed by atoms with Crippen LogP contribution in [0.2, 0.25) is 0 Å². The molecule has 0 bridgehead atoms. The van der Waals surface area contributed by atoms with Crippen molar-refractivity contribution in [1.29, 1.82) is 0 Å². The first-order chi connectivity index (χ1) is 7.03. The van der Waals surface area contributed by atoms with E-state index in [1.807, 2.05) is 0 Å². The molecule has 1 rings (SSSR count). The van der Waals surface area contributed by atoms with Gasteiger partial charge in [-0.25, -0.2) is 0 Å². The maximum atomic E-state index is 11.4. The van der Waals surface area contributed by atoms with Crippen LogP contribution in [-0.2, 0) is 4.79 Å². The summed E-state index contributed by atoms with van der Waals surface area (Å²) >= 11 is 0. The summed E-state index contributed by atoms with van der Waals surface area (Å²) in [4.78, 5) is 11.4. The van der Waals surface area contributed by atoms with Crippen molar-refractivity contribution in [1.82, 2.24) is 5.32 Å². The summed E-state index contributed by atoms with van der Waals surface area (Å²) in [5, 5.41) is 3.05. The monoisotopic (exact) mass is 207 g/mol. The van der Waals surface area contributed by atoms with E-state index >= 15 is 0 Å². The normalized spacial score (nSPS) is 20.2. The van der Waals surface area contributed by atoms with Crippen LogP contribution in [0.5, 0.6) is 0 Å². The molecule has 0 saturated heterocycles. The molecule has 0 heterocycles. The molecule has 84 valence electrons. The molecule has 0 spiro atoms. The molecule has 1 aliphatic rings. The zero-order chi connectivity index (χ0) is 11.3. The van der Waals surface area contributed by atoms with E-state index in [1.165, 1.54) is 12.8 Å². The SMILES string of the molecule is CC#CCC(=O)NC1CCC(C)(C)CC1. The van der Waals surface area contributed by atoms with E-state index in [4.69, 9.17) is 0 Å². The topological polar surface area (TPSA) is 29.1 Å². The van der Waals surface area contributed by atoms with Crippen LogP contribution in [0.4, 0.5) is 0 Å². The third-order valence-corrected chi connectivity index (χ3v) is 3.13. The minimum atomic E-state index is 0.0778. The third kappa shape index (κ3) is 4.38. The molecule has 0 unspecified atom stereocenters. The second-order valence-corrected chi connectivity index (χ2v) is 5.11. The van der Waals surface area contributed by atoms with Crippen molar-refractivity contribution in [2.45, 2.75) is 58.9 Å². The number of amides is 1. The first-order valence-electron chi connectivity index (χ1n) is 5.72. The molecule has 1 N–H and O–H groups in total. The Morgan fingerprint density at radius 3 is 2.53 bits per heavy atom. The lowest BCUT2D eigenvalue weighted by molar-refractivity contribution is -0.121. The predicted octanol–water partition coefficient (Wildman–Crippen LogP) is 2.48. The Morgan fingerprint density at radius 2 is 2.00 bits per heavy atom. The van der Waals surface area contributed by atoms with Gasteiger partial charge in [0.25, 0.3) is 0 Å². The summed E-state index contributed by atoms with van der Waals surface area (Å²) in [6.07, 6.45) is 4.97. The molecule has 1 aliphatic carbocycles. The van der Waals surface area contributed by atoms with Gasteiger partial charge in [0.1, 0.15) is 0 Å². The number of rotatable bonds is 2. The van der Waals surface area contributed by atoms with Crippen LogP contribution in [0.15, 0.2) is 0 Å². The van der Waals surface area contributed by atoms with E-state index in [9.17, 15) is 4.79 Å². The minimum Gasteiger partial charge on any atom is -0.353 e. The smallest absolute Gasteiger partial charge is 0.232 e. The lowest BCUT2D eigenvalue weighted by Gasteiger charge is -2.34. The van der Waals surface area contributed by atoms with E-state index in [1.54, 1.807) is 6.92 Å². The first-order valence-corrected chi connectivity index (χ1v) is 5.72. The molecule has 15 heavy (non-hydrogen) atoms. The number of carbonyl (C=O) groups is 1. The van der Waals surface area contributed by atoms with Crippen LogP contribution in [0.1, 0.15) is 52.9 Å². The molecular weight excluding hydrogens is 186 g/mol. The summed E-state index contributed by atoms with van der Waals surface area (Å²) in [7, 11) is 0. The Kier molecular flexibility index (Phi) is 4.20. The highest BCUT2D eigenvalue weighted by Gasteiger charge is 2.27. The van der Waals surface area contributed by atoms with Gasteiger partial charge < -0.3 is 5.32 Å². The minimum absolute atomic E-state index is 0.0778. The van der Waals surface area contributed by atoms with Gasteiger partial charge in [0.15, 0.2) is 0 Å². The summed E-state index contributed by atoms with van der Waals surface area (Å²) < 4.78 is 0. The van der Waals surface area contributed by atoms with Crippen molar-refractivity contribution in [3.8, 4) is 11.8 Å². The molecule has 0 radical (unpaired) electrons. The highest BCUT2D eigenvalue weighted by atomic mass is 16.1. The fourth-order valence-electron chi connectivity index (χ4n) is 1.99. The van der Waals surface area contributed by atoms with Gasteiger partial charge in [-0.05, 0) is 38.0 Å². The molecule has 2 heteroatoms. The number of nitrogens with one attached hydrogen (secondary N) is 1. The van der Waals surface area contributed by atoms with Crippen LogP contribution >= 0.6 is 0 Å². The molecule has 2 nitrogen and oxygen atoms in total. The zero-order valence-electron chi connectivity index (χ0n) is 10.0. The Hall–Kier alpha value is -0.970. The summed E-state index contributed by atoms with van der Waals surface area (Å²) in [5.41, 5.74) is 0.463. The van der Waals surface area contributed by atoms with E-state index in [-0.39, 0.29) is 5.91 Å². The van der Waals surface area contributed by atoms with Crippen LogP contribution in [0.25, 0.3) is 0 Å². The van der Waals surface area contributed by atoms with Crippen molar-refractivity contribution < 1.29 is 4.79 Å². The van der Waals surface area contributed by atoms with Gasteiger partial charge >= 0.3 is 0 Å². The lowest BCUT2D eigenvalue weighted by atomic mass is 9.75. The second kappa shape index (κ2) is 5.21. The van der Waals surface area contributed by atoms with Gasteiger partial charge in [-0.1, -0.05) is 19.8 Å². The second-order valence-electron chi connectivity index (χ2n) is 5.11. The molecule has 0 aromatic carbocycles. The number of hydrogen-bond donors (Lipinski definition) is 1. The van der Waals surface area contributed by atoms with E-state index < -0.39 is 0 Å². The van der Waals surface area contributed by atoms with Crippen LogP contribution < -0.4 is 5.32 Å². The van der Waals surface area contributed by atoms with Crippen molar-refractivity contribution in [2.24, 2.45) is 5.41 Å². The van der Waals surface area contributed by atoms with Gasteiger partial charge in [-0.3, -0.25) is 4.79 Å². The van der Waals surface area contributed by atoms with Crippen molar-refractivity contribution in [3.63, 3.8) is 0 Å². The fourth-order valence-corrected chi connectivity index (χ4v) is 1.99. The highest BCUT2D eigenvalue weighted by molar-refractivity contribution is 5.78. The number of hydrogen-bond acceptors (Lipinski definition) is 1. The first kappa shape index (κ1) is 12.1. The standard InChI is InChI=1S/C13H21NO/c1-4-5-6-12(15)14-11-7-9-13(2,3)10-8-11/h11H,6-10H2,1-3H3,(H,14,15). The van der Waals surface area contributed by atoms with Crippen molar-refractivity contribution in [2.75, 3.05) is 0 Å². The average Bonchev–Trinajstić information content (AvgIpc) is 2.18. The summed E-state index contributed by atoms with van der Waals surface area (Å²) in [6.45, 7) is 6.36. The van der Waals surface area contributed by atoms with E-state index in [0.29, 0.717) is 17.9 Å². The quantitative estimate of drug-likeness (QED) is 0.692. The van der Waals surface area contributed by atoms with E-state index in [0.717, 1.165) is 12.8 Å². The molecule has 0 aliphatic heterocycles. The van der Waals surface area contributed by atoms with Crippen LogP contribution in [-0.4, -0.2) is 11.9 Å². The fraction of sp³-hybridized carbons (Fsp3) is 0.769. The lowest BCUT2D eigenvalue weighted by Crippen LogP contribution is -2.39. The Bertz CT molecular complexity index is 273. The molecular formula is C13H21NO. The average molecular weight is 207 g/mol. The Morgan fingerprint density at radius 1 is 1.40 bits per heavy atom. The number of carbonyl (C=O) groups excluding carboxylic acids is 1. The summed E-state index contributed by atoms with van der Waals surface area (Å²) in [6, 6.07) is 0.379. The third-order valence-electron chi connectivity index (χ3n) is 3.13. The Balaban J connectivity index is 2.28. The molecule has 1 amide bonds. The highest BCUT2D eigenvalue weighted by Crippen LogP contribution is 2.34. The van der Waals surface area contributed by atoms with Crippen LogP contribution in [0.3, 0.4) is 0 Å². The maximum absolute atomic E-state index is 11.4. The molecule has 0 aromatic rings. The van der Waals surface area contributed by atoms with Crippen LogP contribution in [0, 0.1) is 17.3 Å². The van der Waals surface area contributed by atoms with Gasteiger partial charge in [0, 0.05) is 6.04 Å². The van der Waals surface area contributed by atoms with Gasteiger partial charge in [0.2, 0.25) is 5.91 Å². The summed E-state index contributed by atoms with van der Waals surface area (Å²) in [5.74, 6) is 5.61. The van der Waals surface area contributed by atoms with E-state index in [2.05, 4.69) is 31.0 Å². The molecule has 1 fully saturated rings. The molecule has 1 saturated carbocycles. The predicted molar refractivity (Wildman–Crippen MR) is 62.2 cm³/mol.